The minimum atomic E-state index is -0.547. The highest BCUT2D eigenvalue weighted by molar-refractivity contribution is 5.99. The van der Waals surface area contributed by atoms with Gasteiger partial charge in [-0.25, -0.2) is 0 Å². The van der Waals surface area contributed by atoms with Gasteiger partial charge in [0.1, 0.15) is 24.2 Å². The van der Waals surface area contributed by atoms with Gasteiger partial charge in [-0.3, -0.25) is 0 Å². The zero-order valence-corrected chi connectivity index (χ0v) is 21.2. The Bertz CT molecular complexity index is 1170. The van der Waals surface area contributed by atoms with E-state index in [0.717, 1.165) is 58.8 Å². The number of aliphatic hydroxyl groups is 1. The quantitative estimate of drug-likeness (QED) is 0.343. The van der Waals surface area contributed by atoms with E-state index in [1.165, 1.54) is 0 Å². The van der Waals surface area contributed by atoms with E-state index < -0.39 is 6.10 Å². The lowest BCUT2D eigenvalue weighted by atomic mass is 9.88. The molecule has 0 saturated carbocycles. The largest absolute Gasteiger partial charge is 0.508 e. The molecule has 1 atom stereocenters. The van der Waals surface area contributed by atoms with Crippen molar-refractivity contribution in [1.82, 2.24) is 4.90 Å². The number of nitrogens with zero attached hydrogens (tertiary/aromatic N) is 1. The van der Waals surface area contributed by atoms with Gasteiger partial charge >= 0.3 is 0 Å². The number of ether oxygens (including phenoxy) is 3. The van der Waals surface area contributed by atoms with Crippen molar-refractivity contribution in [3.63, 3.8) is 0 Å². The van der Waals surface area contributed by atoms with Gasteiger partial charge in [0.15, 0.2) is 11.5 Å². The number of likely N-dealkylation sites (N-methyl/N-ethyl adjacent to an activating group) is 1. The summed E-state index contributed by atoms with van der Waals surface area (Å²) in [6.45, 7) is 9.18. The Balaban J connectivity index is 1.63. The van der Waals surface area contributed by atoms with Crippen LogP contribution in [-0.4, -0.2) is 54.3 Å². The number of hydrogen-bond donors (Lipinski definition) is 2. The Morgan fingerprint density at radius 1 is 0.861 bits per heavy atom. The molecule has 1 aliphatic heterocycles. The first-order valence-electron chi connectivity index (χ1n) is 12.6. The minimum Gasteiger partial charge on any atom is -0.508 e. The number of aliphatic hydroxyl groups excluding tert-OH is 1. The van der Waals surface area contributed by atoms with Gasteiger partial charge in [-0.2, -0.15) is 0 Å². The van der Waals surface area contributed by atoms with Crippen molar-refractivity contribution >= 4 is 11.1 Å². The number of aromatic hydroxyl groups is 1. The summed E-state index contributed by atoms with van der Waals surface area (Å²) in [5, 5.41) is 20.2. The fourth-order valence-corrected chi connectivity index (χ4v) is 4.50. The van der Waals surface area contributed by atoms with E-state index in [2.05, 4.69) is 31.7 Å². The minimum absolute atomic E-state index is 0.228. The van der Waals surface area contributed by atoms with Crippen LogP contribution in [0.1, 0.15) is 43.9 Å². The smallest absolute Gasteiger partial charge is 0.231 e. The van der Waals surface area contributed by atoms with E-state index in [1.807, 2.05) is 48.5 Å². The Kier molecular flexibility index (Phi) is 8.52. The number of allylic oxidation sites excluding steroid dienone is 1. The molecule has 1 aliphatic rings. The second-order valence-corrected chi connectivity index (χ2v) is 8.80. The van der Waals surface area contributed by atoms with Gasteiger partial charge in [-0.05, 0) is 83.7 Å². The third kappa shape index (κ3) is 6.01. The summed E-state index contributed by atoms with van der Waals surface area (Å²) >= 11 is 0. The van der Waals surface area contributed by atoms with E-state index in [9.17, 15) is 10.2 Å². The van der Waals surface area contributed by atoms with Crippen LogP contribution in [-0.2, 0) is 0 Å². The lowest BCUT2D eigenvalue weighted by Crippen LogP contribution is -2.35. The molecule has 0 bridgehead atoms. The fraction of sp³-hybridized carbons (Fsp3) is 0.333. The third-order valence-electron chi connectivity index (χ3n) is 6.48. The molecule has 36 heavy (non-hydrogen) atoms. The second-order valence-electron chi connectivity index (χ2n) is 8.80. The van der Waals surface area contributed by atoms with Gasteiger partial charge < -0.3 is 29.3 Å². The molecule has 1 unspecified atom stereocenters. The molecule has 0 fully saturated rings. The fourth-order valence-electron chi connectivity index (χ4n) is 4.50. The summed E-state index contributed by atoms with van der Waals surface area (Å²) in [4.78, 5) is 2.17. The van der Waals surface area contributed by atoms with E-state index in [0.29, 0.717) is 12.3 Å². The monoisotopic (exact) mass is 489 g/mol. The molecule has 0 saturated heterocycles. The molecule has 3 aromatic rings. The predicted molar refractivity (Wildman–Crippen MR) is 143 cm³/mol. The highest BCUT2D eigenvalue weighted by atomic mass is 16.7. The van der Waals surface area contributed by atoms with Crippen LogP contribution in [0.3, 0.4) is 0 Å². The SMILES string of the molecule is CC/C(=C(\c1ccc(O)cc1)c1ccc(OCC(O)CN(CC)CC)cc1)c1ccc2c(c1)OCO2. The normalized spacial score (nSPS) is 14.0. The highest BCUT2D eigenvalue weighted by Crippen LogP contribution is 2.40. The van der Waals surface area contributed by atoms with Gasteiger partial charge in [0.2, 0.25) is 6.79 Å². The summed E-state index contributed by atoms with van der Waals surface area (Å²) in [5.74, 6) is 2.44. The zero-order chi connectivity index (χ0) is 25.5. The Hall–Kier alpha value is -3.48. The number of phenolic OH excluding ortho intramolecular Hbond substituents is 1. The van der Waals surface area contributed by atoms with Gasteiger partial charge in [-0.1, -0.05) is 51.1 Å². The van der Waals surface area contributed by atoms with E-state index >= 15 is 0 Å². The first-order valence-corrected chi connectivity index (χ1v) is 12.6. The van der Waals surface area contributed by atoms with Gasteiger partial charge in [0, 0.05) is 6.54 Å². The summed E-state index contributed by atoms with van der Waals surface area (Å²) in [7, 11) is 0. The lowest BCUT2D eigenvalue weighted by Gasteiger charge is -2.22. The molecular weight excluding hydrogens is 454 g/mol. The molecule has 0 aliphatic carbocycles. The number of phenols is 1. The molecule has 0 amide bonds. The van der Waals surface area contributed by atoms with Crippen LogP contribution < -0.4 is 14.2 Å². The molecule has 0 spiro atoms. The number of hydrogen-bond acceptors (Lipinski definition) is 6. The highest BCUT2D eigenvalue weighted by Gasteiger charge is 2.18. The van der Waals surface area contributed by atoms with Crippen LogP contribution in [0, 0.1) is 0 Å². The van der Waals surface area contributed by atoms with Crippen LogP contribution in [0.25, 0.3) is 11.1 Å². The topological polar surface area (TPSA) is 71.4 Å². The van der Waals surface area contributed by atoms with E-state index in [1.54, 1.807) is 12.1 Å². The zero-order valence-electron chi connectivity index (χ0n) is 21.2. The third-order valence-corrected chi connectivity index (χ3v) is 6.48. The molecule has 6 heteroatoms. The summed E-state index contributed by atoms with van der Waals surface area (Å²) in [6.07, 6.45) is 0.251. The van der Waals surface area contributed by atoms with Crippen molar-refractivity contribution in [2.45, 2.75) is 33.3 Å². The van der Waals surface area contributed by atoms with Gasteiger partial charge in [0.25, 0.3) is 0 Å². The van der Waals surface area contributed by atoms with Gasteiger partial charge in [0.05, 0.1) is 0 Å². The van der Waals surface area contributed by atoms with Crippen molar-refractivity contribution in [2.75, 3.05) is 33.0 Å². The van der Waals surface area contributed by atoms with Crippen molar-refractivity contribution in [1.29, 1.82) is 0 Å². The van der Waals surface area contributed by atoms with E-state index in [-0.39, 0.29) is 19.1 Å². The molecule has 0 radical (unpaired) electrons. The van der Waals surface area contributed by atoms with Crippen LogP contribution in [0.5, 0.6) is 23.0 Å². The van der Waals surface area contributed by atoms with Gasteiger partial charge in [-0.15, -0.1) is 0 Å². The van der Waals surface area contributed by atoms with Crippen molar-refractivity contribution in [3.8, 4) is 23.0 Å². The second kappa shape index (κ2) is 12.0. The van der Waals surface area contributed by atoms with E-state index in [4.69, 9.17) is 14.2 Å². The number of benzene rings is 3. The Labute approximate surface area is 213 Å². The number of fused-ring (bicyclic) bond motifs is 1. The van der Waals surface area contributed by atoms with Crippen LogP contribution in [0.2, 0.25) is 0 Å². The lowest BCUT2D eigenvalue weighted by molar-refractivity contribution is 0.0716. The maximum absolute atomic E-state index is 10.3. The molecule has 190 valence electrons. The molecule has 6 nitrogen and oxygen atoms in total. The van der Waals surface area contributed by atoms with Crippen LogP contribution in [0.4, 0.5) is 0 Å². The maximum Gasteiger partial charge on any atom is 0.231 e. The molecule has 3 aromatic carbocycles. The molecule has 1 heterocycles. The molecular formula is C30H35NO5. The van der Waals surface area contributed by atoms with Crippen molar-refractivity contribution in [3.05, 3.63) is 83.4 Å². The van der Waals surface area contributed by atoms with Crippen LogP contribution in [0.15, 0.2) is 66.7 Å². The molecule has 0 aromatic heterocycles. The average Bonchev–Trinajstić information content (AvgIpc) is 3.38. The summed E-state index contributed by atoms with van der Waals surface area (Å²) < 4.78 is 17.0. The molecule has 2 N–H and O–H groups in total. The predicted octanol–water partition coefficient (Wildman–Crippen LogP) is 5.57. The first kappa shape index (κ1) is 25.6. The van der Waals surface area contributed by atoms with Crippen molar-refractivity contribution < 1.29 is 24.4 Å². The Morgan fingerprint density at radius 3 is 2.11 bits per heavy atom. The maximum atomic E-state index is 10.3. The summed E-state index contributed by atoms with van der Waals surface area (Å²) in [6, 6.07) is 21.3. The standard InChI is InChI=1S/C30H35NO5/c1-4-27(23-11-16-28-29(17-23)36-20-35-28)30(21-7-12-24(32)13-8-21)22-9-14-26(15-10-22)34-19-25(33)18-31(5-2)6-3/h7-17,25,32-33H,4-6,18-20H2,1-3H3/b30-27-. The average molecular weight is 490 g/mol. The van der Waals surface area contributed by atoms with Crippen molar-refractivity contribution in [2.24, 2.45) is 0 Å². The first-order chi connectivity index (χ1) is 17.5. The summed E-state index contributed by atoms with van der Waals surface area (Å²) in [5.41, 5.74) is 5.33. The van der Waals surface area contributed by atoms with Crippen LogP contribution >= 0.6 is 0 Å². The Morgan fingerprint density at radius 2 is 1.47 bits per heavy atom. The number of rotatable bonds is 11. The molecule has 4 rings (SSSR count).